The smallest absolute Gasteiger partial charge is 0.416 e. The zero-order valence-corrected chi connectivity index (χ0v) is 17.5. The van der Waals surface area contributed by atoms with Crippen LogP contribution in [0.25, 0.3) is 11.4 Å². The Morgan fingerprint density at radius 3 is 2.58 bits per heavy atom. The first kappa shape index (κ1) is 22.5. The molecule has 0 saturated carbocycles. The van der Waals surface area contributed by atoms with Gasteiger partial charge in [0, 0.05) is 48.5 Å². The highest BCUT2D eigenvalue weighted by atomic mass is 19.4. The molecular weight excluding hydrogens is 441 g/mol. The lowest BCUT2D eigenvalue weighted by molar-refractivity contribution is -0.385. The van der Waals surface area contributed by atoms with Gasteiger partial charge in [0.2, 0.25) is 0 Å². The summed E-state index contributed by atoms with van der Waals surface area (Å²) in [4.78, 5) is 32.4. The molecule has 33 heavy (non-hydrogen) atoms. The van der Waals surface area contributed by atoms with Crippen molar-refractivity contribution in [2.45, 2.75) is 25.7 Å². The lowest BCUT2D eigenvalue weighted by Crippen LogP contribution is -2.35. The molecule has 8 nitrogen and oxygen atoms in total. The minimum Gasteiger partial charge on any atom is -0.496 e. The molecule has 0 radical (unpaired) electrons. The van der Waals surface area contributed by atoms with Crippen molar-refractivity contribution in [3.8, 4) is 17.1 Å². The Labute approximate surface area is 185 Å². The summed E-state index contributed by atoms with van der Waals surface area (Å²) >= 11 is 0. The number of halogens is 3. The van der Waals surface area contributed by atoms with Crippen LogP contribution < -0.4 is 10.3 Å². The molecule has 0 bridgehead atoms. The minimum atomic E-state index is -4.46. The van der Waals surface area contributed by atoms with Crippen molar-refractivity contribution in [3.05, 3.63) is 85.3 Å². The summed E-state index contributed by atoms with van der Waals surface area (Å²) in [5.74, 6) is 0.693. The van der Waals surface area contributed by atoms with Gasteiger partial charge in [-0.3, -0.25) is 19.8 Å². The van der Waals surface area contributed by atoms with Crippen molar-refractivity contribution in [1.29, 1.82) is 0 Å². The fraction of sp³-hybridized carbons (Fsp3) is 0.273. The van der Waals surface area contributed by atoms with Crippen molar-refractivity contribution >= 4 is 5.69 Å². The van der Waals surface area contributed by atoms with E-state index in [1.807, 2.05) is 4.90 Å². The molecule has 2 aromatic carbocycles. The number of hydrogen-bond acceptors (Lipinski definition) is 6. The molecule has 0 saturated heterocycles. The summed E-state index contributed by atoms with van der Waals surface area (Å²) in [7, 11) is 1.48. The standard InChI is InChI=1S/C22H19F3N4O4/c1-33-19-7-6-16(29(31)32)10-14(19)11-28-9-8-17-18(12-28)26-20(27-21(17)30)13-2-4-15(5-3-13)22(23,24)25/h2-7,10H,8-9,11-12H2,1H3,(H,26,27,30). The number of aromatic nitrogens is 2. The first-order valence-electron chi connectivity index (χ1n) is 9.99. The number of ether oxygens (including phenoxy) is 1. The predicted molar refractivity (Wildman–Crippen MR) is 113 cm³/mol. The zero-order chi connectivity index (χ0) is 23.8. The Hall–Kier alpha value is -3.73. The number of nitrogens with one attached hydrogen (secondary N) is 1. The molecule has 2 heterocycles. The zero-order valence-electron chi connectivity index (χ0n) is 17.5. The molecule has 1 aromatic heterocycles. The molecule has 0 amide bonds. The van der Waals surface area contributed by atoms with Crippen LogP contribution in [0.2, 0.25) is 0 Å². The number of benzene rings is 2. The number of nitro benzene ring substituents is 1. The number of non-ortho nitro benzene ring substituents is 1. The maximum atomic E-state index is 12.8. The number of alkyl halides is 3. The van der Waals surface area contributed by atoms with Crippen LogP contribution in [0.15, 0.2) is 47.3 Å². The van der Waals surface area contributed by atoms with E-state index in [1.54, 1.807) is 0 Å². The monoisotopic (exact) mass is 460 g/mol. The van der Waals surface area contributed by atoms with E-state index in [0.29, 0.717) is 54.2 Å². The van der Waals surface area contributed by atoms with Gasteiger partial charge in [-0.25, -0.2) is 4.98 Å². The van der Waals surface area contributed by atoms with E-state index < -0.39 is 16.7 Å². The average molecular weight is 460 g/mol. The van der Waals surface area contributed by atoms with Crippen molar-refractivity contribution in [2.24, 2.45) is 0 Å². The van der Waals surface area contributed by atoms with E-state index in [1.165, 1.54) is 37.4 Å². The van der Waals surface area contributed by atoms with Gasteiger partial charge in [0.25, 0.3) is 11.2 Å². The fourth-order valence-electron chi connectivity index (χ4n) is 3.83. The van der Waals surface area contributed by atoms with Crippen LogP contribution in [0.4, 0.5) is 18.9 Å². The Balaban J connectivity index is 1.60. The van der Waals surface area contributed by atoms with Crippen molar-refractivity contribution in [3.63, 3.8) is 0 Å². The van der Waals surface area contributed by atoms with Gasteiger partial charge < -0.3 is 9.72 Å². The van der Waals surface area contributed by atoms with Gasteiger partial charge in [0.1, 0.15) is 11.6 Å². The molecule has 11 heteroatoms. The van der Waals surface area contributed by atoms with Crippen LogP contribution in [-0.4, -0.2) is 33.4 Å². The number of methoxy groups -OCH3 is 1. The lowest BCUT2D eigenvalue weighted by atomic mass is 10.0. The van der Waals surface area contributed by atoms with E-state index in [9.17, 15) is 28.1 Å². The molecule has 4 rings (SSSR count). The lowest BCUT2D eigenvalue weighted by Gasteiger charge is -2.28. The first-order chi connectivity index (χ1) is 15.7. The SMILES string of the molecule is COc1ccc([N+](=O)[O-])cc1CN1CCc2c(nc(-c3ccc(C(F)(F)F)cc3)[nH]c2=O)C1. The van der Waals surface area contributed by atoms with Gasteiger partial charge in [-0.15, -0.1) is 0 Å². The quantitative estimate of drug-likeness (QED) is 0.457. The summed E-state index contributed by atoms with van der Waals surface area (Å²) in [5, 5.41) is 11.1. The maximum absolute atomic E-state index is 12.8. The molecule has 0 atom stereocenters. The second kappa shape index (κ2) is 8.66. The maximum Gasteiger partial charge on any atom is 0.416 e. The Morgan fingerprint density at radius 2 is 1.94 bits per heavy atom. The van der Waals surface area contributed by atoms with Gasteiger partial charge in [-0.05, 0) is 24.6 Å². The third-order valence-corrected chi connectivity index (χ3v) is 5.51. The molecule has 1 aliphatic heterocycles. The number of nitrogens with zero attached hydrogens (tertiary/aromatic N) is 3. The van der Waals surface area contributed by atoms with Gasteiger partial charge in [0.15, 0.2) is 0 Å². The highest BCUT2D eigenvalue weighted by Crippen LogP contribution is 2.31. The van der Waals surface area contributed by atoms with Crippen LogP contribution in [-0.2, 0) is 25.7 Å². The molecule has 1 N–H and O–H groups in total. The Bertz CT molecular complexity index is 1260. The fourth-order valence-corrected chi connectivity index (χ4v) is 3.83. The van der Waals surface area contributed by atoms with Crippen LogP contribution in [0, 0.1) is 10.1 Å². The van der Waals surface area contributed by atoms with E-state index in [2.05, 4.69) is 9.97 Å². The number of hydrogen-bond donors (Lipinski definition) is 1. The van der Waals surface area contributed by atoms with Gasteiger partial charge in [-0.1, -0.05) is 12.1 Å². The number of H-pyrrole nitrogens is 1. The number of nitro groups is 1. The summed E-state index contributed by atoms with van der Waals surface area (Å²) in [6.45, 7) is 1.18. The molecule has 0 spiro atoms. The van der Waals surface area contributed by atoms with Crippen LogP contribution in [0.1, 0.15) is 22.4 Å². The van der Waals surface area contributed by atoms with E-state index in [4.69, 9.17) is 4.74 Å². The van der Waals surface area contributed by atoms with E-state index >= 15 is 0 Å². The minimum absolute atomic E-state index is 0.0534. The normalized spacial score (nSPS) is 14.1. The Kier molecular flexibility index (Phi) is 5.90. The predicted octanol–water partition coefficient (Wildman–Crippen LogP) is 3.93. The van der Waals surface area contributed by atoms with Crippen molar-refractivity contribution in [2.75, 3.05) is 13.7 Å². The van der Waals surface area contributed by atoms with Gasteiger partial charge >= 0.3 is 6.18 Å². The van der Waals surface area contributed by atoms with Gasteiger partial charge in [-0.2, -0.15) is 13.2 Å². The van der Waals surface area contributed by atoms with Crippen molar-refractivity contribution < 1.29 is 22.8 Å². The van der Waals surface area contributed by atoms with Crippen LogP contribution >= 0.6 is 0 Å². The van der Waals surface area contributed by atoms with E-state index in [0.717, 1.165) is 12.1 Å². The highest BCUT2D eigenvalue weighted by molar-refractivity contribution is 5.56. The summed E-state index contributed by atoms with van der Waals surface area (Å²) in [6, 6.07) is 8.77. The molecule has 0 aliphatic carbocycles. The second-order valence-electron chi connectivity index (χ2n) is 7.63. The summed E-state index contributed by atoms with van der Waals surface area (Å²) < 4.78 is 43.8. The second-order valence-corrected chi connectivity index (χ2v) is 7.63. The molecule has 0 unspecified atom stereocenters. The molecular formula is C22H19F3N4O4. The topological polar surface area (TPSA) is 101 Å². The first-order valence-corrected chi connectivity index (χ1v) is 9.99. The number of aromatic amines is 1. The van der Waals surface area contributed by atoms with Crippen molar-refractivity contribution in [1.82, 2.24) is 14.9 Å². The largest absolute Gasteiger partial charge is 0.496 e. The third kappa shape index (κ3) is 4.72. The summed E-state index contributed by atoms with van der Waals surface area (Å²) in [6.07, 6.45) is -4.04. The Morgan fingerprint density at radius 1 is 1.21 bits per heavy atom. The van der Waals surface area contributed by atoms with Crippen LogP contribution in [0.5, 0.6) is 5.75 Å². The molecule has 3 aromatic rings. The highest BCUT2D eigenvalue weighted by Gasteiger charge is 2.30. The van der Waals surface area contributed by atoms with Gasteiger partial charge in [0.05, 0.1) is 23.3 Å². The van der Waals surface area contributed by atoms with E-state index in [-0.39, 0.29) is 17.1 Å². The van der Waals surface area contributed by atoms with Crippen LogP contribution in [0.3, 0.4) is 0 Å². The number of rotatable bonds is 5. The molecule has 172 valence electrons. The summed E-state index contributed by atoms with van der Waals surface area (Å²) in [5.41, 5.74) is 0.856. The number of fused-ring (bicyclic) bond motifs is 1. The third-order valence-electron chi connectivity index (χ3n) is 5.51. The average Bonchev–Trinajstić information content (AvgIpc) is 2.78. The molecule has 1 aliphatic rings. The molecule has 0 fully saturated rings.